The van der Waals surface area contributed by atoms with Gasteiger partial charge in [-0.15, -0.1) is 0 Å². The quantitative estimate of drug-likeness (QED) is 0.647. The minimum atomic E-state index is 0.174. The third-order valence-electron chi connectivity index (χ3n) is 1.91. The second-order valence-corrected chi connectivity index (χ2v) is 5.63. The van der Waals surface area contributed by atoms with Crippen LogP contribution in [0.3, 0.4) is 0 Å². The average molecular weight is 187 g/mol. The van der Waals surface area contributed by atoms with Gasteiger partial charge in [0.15, 0.2) is 0 Å². The van der Waals surface area contributed by atoms with Crippen molar-refractivity contribution in [2.75, 3.05) is 13.2 Å². The van der Waals surface area contributed by atoms with Crippen molar-refractivity contribution in [3.05, 3.63) is 0 Å². The molecular formula is C11H25NO. The van der Waals surface area contributed by atoms with Crippen LogP contribution in [0, 0.1) is 5.41 Å². The molecule has 0 amide bonds. The molecule has 2 nitrogen and oxygen atoms in total. The van der Waals surface area contributed by atoms with Crippen molar-refractivity contribution in [1.82, 2.24) is 5.32 Å². The van der Waals surface area contributed by atoms with E-state index in [9.17, 15) is 0 Å². The Bertz CT molecular complexity index is 136. The van der Waals surface area contributed by atoms with E-state index in [1.807, 2.05) is 0 Å². The van der Waals surface area contributed by atoms with Gasteiger partial charge in [0, 0.05) is 12.1 Å². The van der Waals surface area contributed by atoms with Crippen LogP contribution in [-0.4, -0.2) is 23.8 Å². The molecule has 0 aromatic heterocycles. The maximum atomic E-state index is 8.66. The lowest BCUT2D eigenvalue weighted by Crippen LogP contribution is -2.42. The lowest BCUT2D eigenvalue weighted by Gasteiger charge is -2.33. The largest absolute Gasteiger partial charge is 0.396 e. The Morgan fingerprint density at radius 1 is 1.08 bits per heavy atom. The summed E-state index contributed by atoms with van der Waals surface area (Å²) in [6.07, 6.45) is 1.99. The molecule has 0 radical (unpaired) electrons. The summed E-state index contributed by atoms with van der Waals surface area (Å²) in [6.45, 7) is 12.4. The lowest BCUT2D eigenvalue weighted by molar-refractivity contribution is 0.229. The van der Waals surface area contributed by atoms with E-state index in [2.05, 4.69) is 39.9 Å². The van der Waals surface area contributed by atoms with Crippen molar-refractivity contribution >= 4 is 0 Å². The Hall–Kier alpha value is -0.0800. The van der Waals surface area contributed by atoms with Crippen molar-refractivity contribution in [3.8, 4) is 0 Å². The molecule has 0 saturated heterocycles. The Morgan fingerprint density at radius 3 is 2.00 bits per heavy atom. The van der Waals surface area contributed by atoms with Crippen LogP contribution in [0.15, 0.2) is 0 Å². The van der Waals surface area contributed by atoms with E-state index in [1.165, 1.54) is 0 Å². The molecule has 0 aliphatic heterocycles. The SMILES string of the molecule is CC(C)(C)CC(C)(C)NCCCO. The highest BCUT2D eigenvalue weighted by molar-refractivity contribution is 4.82. The number of aliphatic hydroxyl groups is 1. The van der Waals surface area contributed by atoms with Crippen LogP contribution in [0.25, 0.3) is 0 Å². The number of hydrogen-bond donors (Lipinski definition) is 2. The summed E-state index contributed by atoms with van der Waals surface area (Å²) in [4.78, 5) is 0. The average Bonchev–Trinajstić information content (AvgIpc) is 1.81. The first-order valence-electron chi connectivity index (χ1n) is 5.13. The van der Waals surface area contributed by atoms with E-state index in [1.54, 1.807) is 0 Å². The highest BCUT2D eigenvalue weighted by atomic mass is 16.3. The third kappa shape index (κ3) is 8.26. The van der Waals surface area contributed by atoms with Gasteiger partial charge >= 0.3 is 0 Å². The van der Waals surface area contributed by atoms with Gasteiger partial charge in [0.2, 0.25) is 0 Å². The molecule has 2 heteroatoms. The zero-order valence-corrected chi connectivity index (χ0v) is 9.78. The molecule has 0 aliphatic carbocycles. The molecule has 0 atom stereocenters. The summed E-state index contributed by atoms with van der Waals surface area (Å²) in [6, 6.07) is 0. The third-order valence-corrected chi connectivity index (χ3v) is 1.91. The van der Waals surface area contributed by atoms with Crippen LogP contribution in [0.4, 0.5) is 0 Å². The van der Waals surface area contributed by atoms with E-state index in [4.69, 9.17) is 5.11 Å². The van der Waals surface area contributed by atoms with E-state index in [0.29, 0.717) is 5.41 Å². The van der Waals surface area contributed by atoms with Crippen molar-refractivity contribution in [2.24, 2.45) is 5.41 Å². The first-order chi connectivity index (χ1) is 5.77. The first-order valence-corrected chi connectivity index (χ1v) is 5.13. The van der Waals surface area contributed by atoms with Gasteiger partial charge in [-0.1, -0.05) is 20.8 Å². The van der Waals surface area contributed by atoms with Gasteiger partial charge in [-0.2, -0.15) is 0 Å². The highest BCUT2D eigenvalue weighted by Crippen LogP contribution is 2.26. The number of rotatable bonds is 5. The molecule has 0 heterocycles. The smallest absolute Gasteiger partial charge is 0.0443 e. The molecule has 0 aromatic carbocycles. The standard InChI is InChI=1S/C11H25NO/c1-10(2,3)9-11(4,5)12-7-6-8-13/h12-13H,6-9H2,1-5H3. The molecule has 80 valence electrons. The molecule has 0 aliphatic rings. The highest BCUT2D eigenvalue weighted by Gasteiger charge is 2.24. The van der Waals surface area contributed by atoms with Crippen LogP contribution in [0.5, 0.6) is 0 Å². The monoisotopic (exact) mass is 187 g/mol. The van der Waals surface area contributed by atoms with Gasteiger partial charge in [0.25, 0.3) is 0 Å². The number of aliphatic hydroxyl groups excluding tert-OH is 1. The number of hydrogen-bond acceptors (Lipinski definition) is 2. The summed E-state index contributed by atoms with van der Waals surface area (Å²) >= 11 is 0. The fraction of sp³-hybridized carbons (Fsp3) is 1.00. The summed E-state index contributed by atoms with van der Waals surface area (Å²) < 4.78 is 0. The molecular weight excluding hydrogens is 162 g/mol. The molecule has 0 fully saturated rings. The van der Waals surface area contributed by atoms with Gasteiger partial charge in [0.05, 0.1) is 0 Å². The lowest BCUT2D eigenvalue weighted by atomic mass is 9.82. The zero-order valence-electron chi connectivity index (χ0n) is 9.78. The molecule has 0 unspecified atom stereocenters. The van der Waals surface area contributed by atoms with Crippen LogP contribution in [0.1, 0.15) is 47.5 Å². The fourth-order valence-electron chi connectivity index (χ4n) is 1.89. The maximum absolute atomic E-state index is 8.66. The van der Waals surface area contributed by atoms with Crippen molar-refractivity contribution in [2.45, 2.75) is 53.0 Å². The Morgan fingerprint density at radius 2 is 1.62 bits per heavy atom. The van der Waals surface area contributed by atoms with E-state index < -0.39 is 0 Å². The van der Waals surface area contributed by atoms with Gasteiger partial charge in [0.1, 0.15) is 0 Å². The van der Waals surface area contributed by atoms with Crippen molar-refractivity contribution in [1.29, 1.82) is 0 Å². The van der Waals surface area contributed by atoms with E-state index >= 15 is 0 Å². The molecule has 0 spiro atoms. The molecule has 2 N–H and O–H groups in total. The van der Waals surface area contributed by atoms with Gasteiger partial charge < -0.3 is 10.4 Å². The number of nitrogens with one attached hydrogen (secondary N) is 1. The van der Waals surface area contributed by atoms with Crippen LogP contribution < -0.4 is 5.32 Å². The minimum Gasteiger partial charge on any atom is -0.396 e. The van der Waals surface area contributed by atoms with Crippen molar-refractivity contribution < 1.29 is 5.11 Å². The summed E-state index contributed by atoms with van der Waals surface area (Å²) in [5.74, 6) is 0. The second-order valence-electron chi connectivity index (χ2n) is 5.63. The first kappa shape index (κ1) is 12.9. The maximum Gasteiger partial charge on any atom is 0.0443 e. The predicted molar refractivity (Wildman–Crippen MR) is 57.9 cm³/mol. The predicted octanol–water partition coefficient (Wildman–Crippen LogP) is 2.17. The minimum absolute atomic E-state index is 0.174. The van der Waals surface area contributed by atoms with Gasteiger partial charge in [-0.05, 0) is 38.6 Å². The summed E-state index contributed by atoms with van der Waals surface area (Å²) in [7, 11) is 0. The topological polar surface area (TPSA) is 32.3 Å². The normalized spacial score (nSPS) is 13.4. The second kappa shape index (κ2) is 4.97. The van der Waals surface area contributed by atoms with Crippen molar-refractivity contribution in [3.63, 3.8) is 0 Å². The summed E-state index contributed by atoms with van der Waals surface area (Å²) in [5, 5.41) is 12.1. The van der Waals surface area contributed by atoms with E-state index in [0.717, 1.165) is 19.4 Å². The Kier molecular flexibility index (Phi) is 4.93. The zero-order chi connectivity index (χ0) is 10.5. The van der Waals surface area contributed by atoms with Crippen LogP contribution in [-0.2, 0) is 0 Å². The van der Waals surface area contributed by atoms with Gasteiger partial charge in [-0.3, -0.25) is 0 Å². The molecule has 13 heavy (non-hydrogen) atoms. The summed E-state index contributed by atoms with van der Waals surface area (Å²) in [5.41, 5.74) is 0.531. The van der Waals surface area contributed by atoms with Gasteiger partial charge in [-0.25, -0.2) is 0 Å². The van der Waals surface area contributed by atoms with Crippen LogP contribution in [0.2, 0.25) is 0 Å². The molecule has 0 aromatic rings. The molecule has 0 saturated carbocycles. The Balaban J connectivity index is 3.80. The van der Waals surface area contributed by atoms with E-state index in [-0.39, 0.29) is 12.1 Å². The molecule has 0 bridgehead atoms. The fourth-order valence-corrected chi connectivity index (χ4v) is 1.89. The Labute approximate surface area is 82.7 Å². The van der Waals surface area contributed by atoms with Crippen LogP contribution >= 0.6 is 0 Å². The molecule has 0 rings (SSSR count).